The summed E-state index contributed by atoms with van der Waals surface area (Å²) in [5.41, 5.74) is 4.33. The summed E-state index contributed by atoms with van der Waals surface area (Å²) in [6.45, 7) is 3.13. The fraction of sp³-hybridized carbons (Fsp3) is 0.160. The van der Waals surface area contributed by atoms with Crippen molar-refractivity contribution in [1.82, 2.24) is 0 Å². The third-order valence-corrected chi connectivity index (χ3v) is 6.07. The zero-order chi connectivity index (χ0) is 22.2. The van der Waals surface area contributed by atoms with E-state index in [1.54, 1.807) is 12.1 Å². The summed E-state index contributed by atoms with van der Waals surface area (Å²) in [5.74, 6) is -1.06. The van der Waals surface area contributed by atoms with Gasteiger partial charge in [0.05, 0.1) is 29.5 Å². The van der Waals surface area contributed by atoms with Crippen molar-refractivity contribution in [2.45, 2.75) is 0 Å². The Morgan fingerprint density at radius 1 is 1.00 bits per heavy atom. The lowest BCUT2D eigenvalue weighted by molar-refractivity contribution is -0.110. The smallest absolute Gasteiger partial charge is 0.260 e. The van der Waals surface area contributed by atoms with Crippen LogP contribution in [0.2, 0.25) is 5.02 Å². The molecule has 2 N–H and O–H groups in total. The Morgan fingerprint density at radius 2 is 1.69 bits per heavy atom. The van der Waals surface area contributed by atoms with Gasteiger partial charge in [0, 0.05) is 35.5 Å². The molecule has 1 saturated heterocycles. The van der Waals surface area contributed by atoms with Gasteiger partial charge < -0.3 is 20.1 Å². The average molecular weight is 451 g/mol. The fourth-order valence-corrected chi connectivity index (χ4v) is 4.35. The van der Waals surface area contributed by atoms with Crippen molar-refractivity contribution < 1.29 is 19.0 Å². The van der Waals surface area contributed by atoms with Crippen LogP contribution in [0.25, 0.3) is 22.5 Å². The molecule has 0 aromatic heterocycles. The van der Waals surface area contributed by atoms with Crippen molar-refractivity contribution in [2.75, 3.05) is 36.5 Å². The zero-order valence-corrected chi connectivity index (χ0v) is 17.8. The molecule has 7 heteroatoms. The molecule has 3 aromatic rings. The lowest BCUT2D eigenvalue weighted by Crippen LogP contribution is -2.36. The Hall–Kier alpha value is -3.35. The molecule has 32 heavy (non-hydrogen) atoms. The first-order chi connectivity index (χ1) is 15.5. The van der Waals surface area contributed by atoms with Crippen LogP contribution in [0.5, 0.6) is 0 Å². The van der Waals surface area contributed by atoms with E-state index in [1.807, 2.05) is 24.3 Å². The van der Waals surface area contributed by atoms with E-state index in [0.717, 1.165) is 29.9 Å². The SMILES string of the molecule is O=C1Nc2cc(Cl)c(-c3ccc(N4CCOCC4)cc3)cc2/C1=C(/O)c1ccc(F)cc1. The molecule has 0 saturated carbocycles. The first-order valence-corrected chi connectivity index (χ1v) is 10.7. The number of hydrogen-bond acceptors (Lipinski definition) is 4. The normalized spacial score (nSPS) is 17.2. The number of aliphatic hydroxyl groups is 1. The van der Waals surface area contributed by atoms with Gasteiger partial charge in [0.15, 0.2) is 0 Å². The molecule has 5 rings (SSSR count). The summed E-state index contributed by atoms with van der Waals surface area (Å²) in [6.07, 6.45) is 0. The average Bonchev–Trinajstić information content (AvgIpc) is 3.13. The molecule has 0 bridgehead atoms. The van der Waals surface area contributed by atoms with E-state index in [2.05, 4.69) is 10.2 Å². The highest BCUT2D eigenvalue weighted by atomic mass is 35.5. The summed E-state index contributed by atoms with van der Waals surface area (Å²) in [5, 5.41) is 14.0. The van der Waals surface area contributed by atoms with Gasteiger partial charge in [-0.05, 0) is 54.1 Å². The second-order valence-corrected chi connectivity index (χ2v) is 8.12. The van der Waals surface area contributed by atoms with E-state index in [1.165, 1.54) is 24.3 Å². The lowest BCUT2D eigenvalue weighted by atomic mass is 9.97. The van der Waals surface area contributed by atoms with Crippen molar-refractivity contribution in [2.24, 2.45) is 0 Å². The summed E-state index contributed by atoms with van der Waals surface area (Å²) in [6, 6.07) is 16.9. The molecule has 162 valence electrons. The molecule has 0 radical (unpaired) electrons. The van der Waals surface area contributed by atoms with Crippen LogP contribution in [-0.2, 0) is 9.53 Å². The number of morpholine rings is 1. The number of nitrogens with zero attached hydrogens (tertiary/aromatic N) is 1. The fourth-order valence-electron chi connectivity index (χ4n) is 4.07. The Morgan fingerprint density at radius 3 is 2.38 bits per heavy atom. The summed E-state index contributed by atoms with van der Waals surface area (Å²) < 4.78 is 18.7. The monoisotopic (exact) mass is 450 g/mol. The van der Waals surface area contributed by atoms with Crippen molar-refractivity contribution in [3.63, 3.8) is 0 Å². The molecule has 0 unspecified atom stereocenters. The first-order valence-electron chi connectivity index (χ1n) is 10.3. The maximum absolute atomic E-state index is 13.3. The van der Waals surface area contributed by atoms with E-state index in [4.69, 9.17) is 16.3 Å². The maximum atomic E-state index is 13.3. The molecule has 0 aliphatic carbocycles. The highest BCUT2D eigenvalue weighted by Gasteiger charge is 2.30. The van der Waals surface area contributed by atoms with Crippen LogP contribution >= 0.6 is 11.6 Å². The van der Waals surface area contributed by atoms with Gasteiger partial charge in [-0.3, -0.25) is 4.79 Å². The number of carbonyl (C=O) groups is 1. The van der Waals surface area contributed by atoms with Gasteiger partial charge in [0.25, 0.3) is 5.91 Å². The first kappa shape index (κ1) is 20.5. The van der Waals surface area contributed by atoms with Crippen LogP contribution in [0.15, 0.2) is 60.7 Å². The van der Waals surface area contributed by atoms with Gasteiger partial charge in [-0.25, -0.2) is 4.39 Å². The van der Waals surface area contributed by atoms with Gasteiger partial charge in [-0.15, -0.1) is 0 Å². The van der Waals surface area contributed by atoms with Crippen LogP contribution < -0.4 is 10.2 Å². The number of benzene rings is 3. The van der Waals surface area contributed by atoms with E-state index < -0.39 is 11.7 Å². The standard InChI is InChI=1S/C25H20ClFN2O3/c26-21-14-22-20(23(25(31)28-22)24(30)16-1-5-17(27)6-2-16)13-19(21)15-3-7-18(8-4-15)29-9-11-32-12-10-29/h1-8,13-14,30H,9-12H2,(H,28,31)/b24-23-. The van der Waals surface area contributed by atoms with Crippen molar-refractivity contribution >= 4 is 40.2 Å². The molecule has 2 heterocycles. The highest BCUT2D eigenvalue weighted by Crippen LogP contribution is 2.42. The van der Waals surface area contributed by atoms with Crippen molar-refractivity contribution in [1.29, 1.82) is 0 Å². The number of rotatable bonds is 3. The number of anilines is 2. The Balaban J connectivity index is 1.54. The number of amides is 1. The highest BCUT2D eigenvalue weighted by molar-refractivity contribution is 6.38. The van der Waals surface area contributed by atoms with Gasteiger partial charge in [-0.2, -0.15) is 0 Å². The van der Waals surface area contributed by atoms with Gasteiger partial charge in [0.1, 0.15) is 11.6 Å². The van der Waals surface area contributed by atoms with Crippen LogP contribution in [0.4, 0.5) is 15.8 Å². The Bertz CT molecular complexity index is 1220. The molecule has 0 atom stereocenters. The van der Waals surface area contributed by atoms with Crippen LogP contribution in [0.1, 0.15) is 11.1 Å². The number of carbonyl (C=O) groups excluding carboxylic acids is 1. The minimum Gasteiger partial charge on any atom is -0.506 e. The van der Waals surface area contributed by atoms with E-state index in [9.17, 15) is 14.3 Å². The number of halogens is 2. The molecule has 1 amide bonds. The minimum atomic E-state index is -0.433. The number of aliphatic hydroxyl groups excluding tert-OH is 1. The molecule has 1 fully saturated rings. The third-order valence-electron chi connectivity index (χ3n) is 5.76. The molecule has 2 aliphatic heterocycles. The largest absolute Gasteiger partial charge is 0.506 e. The summed E-state index contributed by atoms with van der Waals surface area (Å²) in [7, 11) is 0. The number of nitrogens with one attached hydrogen (secondary N) is 1. The van der Waals surface area contributed by atoms with E-state index in [-0.39, 0.29) is 11.3 Å². The third kappa shape index (κ3) is 3.72. The maximum Gasteiger partial charge on any atom is 0.260 e. The second kappa shape index (κ2) is 8.30. The quantitative estimate of drug-likeness (QED) is 0.416. The lowest BCUT2D eigenvalue weighted by Gasteiger charge is -2.29. The van der Waals surface area contributed by atoms with Crippen molar-refractivity contribution in [3.05, 3.63) is 82.6 Å². The van der Waals surface area contributed by atoms with Crippen LogP contribution in [0, 0.1) is 5.82 Å². The predicted molar refractivity (Wildman–Crippen MR) is 124 cm³/mol. The molecular formula is C25H20ClFN2O3. The predicted octanol–water partition coefficient (Wildman–Crippen LogP) is 5.36. The molecule has 2 aliphatic rings. The Kier molecular flexibility index (Phi) is 5.33. The molecule has 3 aromatic carbocycles. The molecule has 5 nitrogen and oxygen atoms in total. The number of ether oxygens (including phenoxy) is 1. The van der Waals surface area contributed by atoms with Gasteiger partial charge >= 0.3 is 0 Å². The van der Waals surface area contributed by atoms with Crippen LogP contribution in [0.3, 0.4) is 0 Å². The summed E-state index contributed by atoms with van der Waals surface area (Å²) >= 11 is 6.54. The molecular weight excluding hydrogens is 431 g/mol. The van der Waals surface area contributed by atoms with Gasteiger partial charge in [0.2, 0.25) is 0 Å². The number of hydrogen-bond donors (Lipinski definition) is 2. The van der Waals surface area contributed by atoms with Crippen LogP contribution in [-0.4, -0.2) is 37.3 Å². The Labute approximate surface area is 189 Å². The topological polar surface area (TPSA) is 61.8 Å². The zero-order valence-electron chi connectivity index (χ0n) is 17.1. The minimum absolute atomic E-state index is 0.134. The second-order valence-electron chi connectivity index (χ2n) is 7.71. The van der Waals surface area contributed by atoms with Gasteiger partial charge in [-0.1, -0.05) is 23.7 Å². The summed E-state index contributed by atoms with van der Waals surface area (Å²) in [4.78, 5) is 14.9. The number of fused-ring (bicyclic) bond motifs is 1. The molecule has 0 spiro atoms. The van der Waals surface area contributed by atoms with Crippen molar-refractivity contribution in [3.8, 4) is 11.1 Å². The van der Waals surface area contributed by atoms with E-state index >= 15 is 0 Å². The van der Waals surface area contributed by atoms with E-state index in [0.29, 0.717) is 35.1 Å².